The third-order valence-electron chi connectivity index (χ3n) is 6.07. The van der Waals surface area contributed by atoms with Crippen molar-refractivity contribution in [2.45, 2.75) is 129 Å². The molecule has 2 bridgehead atoms. The lowest BCUT2D eigenvalue weighted by molar-refractivity contribution is 0.510. The summed E-state index contributed by atoms with van der Waals surface area (Å²) in [7, 11) is -1.15. The van der Waals surface area contributed by atoms with Gasteiger partial charge in [0.1, 0.15) is 0 Å². The van der Waals surface area contributed by atoms with Crippen molar-refractivity contribution in [2.24, 2.45) is 0 Å². The first-order valence-corrected chi connectivity index (χ1v) is 15.9. The highest BCUT2D eigenvalue weighted by atomic mass is 31.1. The maximum atomic E-state index is 6.52. The third-order valence-corrected chi connectivity index (χ3v) is 11.3. The van der Waals surface area contributed by atoms with Gasteiger partial charge in [0, 0.05) is 34.8 Å². The number of nitrogens with zero attached hydrogens (tertiary/aromatic N) is 1. The van der Waals surface area contributed by atoms with E-state index in [0.29, 0.717) is 0 Å². The lowest BCUT2D eigenvalue weighted by atomic mass is 10.1. The molecule has 0 fully saturated rings. The van der Waals surface area contributed by atoms with Gasteiger partial charge in [0.2, 0.25) is 11.8 Å². The largest absolute Gasteiger partial charge is 0.456 e. The fourth-order valence-electron chi connectivity index (χ4n) is 4.04. The Bertz CT molecular complexity index is 588. The molecule has 3 nitrogen and oxygen atoms in total. The Labute approximate surface area is 201 Å². The maximum Gasteiger partial charge on any atom is 0.219 e. The molecule has 0 aromatic carbocycles. The van der Waals surface area contributed by atoms with Crippen molar-refractivity contribution in [3.8, 4) is 11.8 Å². The fourth-order valence-corrected chi connectivity index (χ4v) is 7.79. The molecule has 1 aromatic rings. The van der Waals surface area contributed by atoms with Crippen molar-refractivity contribution in [3.63, 3.8) is 0 Å². The number of aromatic nitrogens is 1. The highest BCUT2D eigenvalue weighted by molar-refractivity contribution is 7.54. The molecule has 0 saturated heterocycles. The van der Waals surface area contributed by atoms with Crippen LogP contribution in [0, 0.1) is 0 Å². The molecule has 1 aliphatic heterocycles. The summed E-state index contributed by atoms with van der Waals surface area (Å²) in [5.41, 5.74) is 0. The van der Waals surface area contributed by atoms with Gasteiger partial charge in [0.25, 0.3) is 0 Å². The van der Waals surface area contributed by atoms with Crippen LogP contribution in [0.4, 0.5) is 0 Å². The van der Waals surface area contributed by atoms with Crippen LogP contribution < -0.4 is 9.05 Å². The molecule has 0 N–H and O–H groups in total. The Morgan fingerprint density at radius 1 is 0.562 bits per heavy atom. The molecular formula is C27H49NO2P2. The third kappa shape index (κ3) is 11.2. The lowest BCUT2D eigenvalue weighted by Gasteiger charge is -2.31. The molecule has 0 amide bonds. The van der Waals surface area contributed by atoms with Gasteiger partial charge in [0.05, 0.1) is 16.3 Å². The molecule has 1 aliphatic rings. The van der Waals surface area contributed by atoms with Gasteiger partial charge in [-0.05, 0) is 12.8 Å². The minimum atomic E-state index is -0.577. The van der Waals surface area contributed by atoms with Crippen molar-refractivity contribution in [2.75, 3.05) is 12.3 Å². The second-order valence-electron chi connectivity index (χ2n) is 11.3. The number of rotatable bonds is 0. The normalized spacial score (nSPS) is 23.9. The summed E-state index contributed by atoms with van der Waals surface area (Å²) in [6.07, 6.45) is 18.7. The zero-order valence-corrected chi connectivity index (χ0v) is 23.6. The van der Waals surface area contributed by atoms with E-state index in [9.17, 15) is 0 Å². The van der Waals surface area contributed by atoms with Gasteiger partial charge in [0.15, 0.2) is 0 Å². The Balaban J connectivity index is 2.10. The first-order chi connectivity index (χ1) is 15.2. The van der Waals surface area contributed by atoms with Gasteiger partial charge < -0.3 is 9.05 Å². The van der Waals surface area contributed by atoms with E-state index in [4.69, 9.17) is 14.0 Å². The van der Waals surface area contributed by atoms with Crippen molar-refractivity contribution in [1.29, 1.82) is 0 Å². The van der Waals surface area contributed by atoms with E-state index in [1.165, 1.54) is 77.0 Å². The van der Waals surface area contributed by atoms with E-state index in [0.717, 1.165) is 24.1 Å². The van der Waals surface area contributed by atoms with E-state index in [2.05, 4.69) is 41.5 Å². The van der Waals surface area contributed by atoms with Crippen LogP contribution >= 0.6 is 16.3 Å². The molecule has 2 heterocycles. The first-order valence-electron chi connectivity index (χ1n) is 13.0. The highest BCUT2D eigenvalue weighted by Crippen LogP contribution is 2.52. The average Bonchev–Trinajstić information content (AvgIpc) is 2.70. The minimum Gasteiger partial charge on any atom is -0.456 e. The summed E-state index contributed by atoms with van der Waals surface area (Å²) in [6.45, 7) is 13.8. The Hall–Kier alpha value is -0.390. The quantitative estimate of drug-likeness (QED) is 0.345. The number of hydrogen-bond donors (Lipinski definition) is 0. The molecule has 184 valence electrons. The summed E-state index contributed by atoms with van der Waals surface area (Å²) in [4.78, 5) is 4.79. The summed E-state index contributed by atoms with van der Waals surface area (Å²) >= 11 is 0. The zero-order chi connectivity index (χ0) is 23.5. The molecule has 0 aliphatic carbocycles. The molecule has 0 saturated carbocycles. The number of fused-ring (bicyclic) bond motifs is 2. The second kappa shape index (κ2) is 14.1. The fraction of sp³-hybridized carbons (Fsp3) is 0.815. The smallest absolute Gasteiger partial charge is 0.219 e. The molecular weight excluding hydrogens is 432 g/mol. The minimum absolute atomic E-state index is 0.154. The Kier molecular flexibility index (Phi) is 12.3. The highest BCUT2D eigenvalue weighted by Gasteiger charge is 2.29. The van der Waals surface area contributed by atoms with E-state index in [1.807, 2.05) is 18.2 Å². The second-order valence-corrected chi connectivity index (χ2v) is 16.7. The van der Waals surface area contributed by atoms with E-state index < -0.39 is 16.3 Å². The molecule has 2 unspecified atom stereocenters. The van der Waals surface area contributed by atoms with Crippen molar-refractivity contribution >= 4 is 16.3 Å². The summed E-state index contributed by atoms with van der Waals surface area (Å²) < 4.78 is 13.0. The van der Waals surface area contributed by atoms with Crippen LogP contribution in [0.2, 0.25) is 0 Å². The van der Waals surface area contributed by atoms with Gasteiger partial charge in [-0.2, -0.15) is 4.98 Å². The van der Waals surface area contributed by atoms with Gasteiger partial charge in [-0.3, -0.25) is 0 Å². The van der Waals surface area contributed by atoms with Crippen LogP contribution in [0.3, 0.4) is 0 Å². The topological polar surface area (TPSA) is 31.4 Å². The van der Waals surface area contributed by atoms with Crippen LogP contribution in [0.5, 0.6) is 11.8 Å². The van der Waals surface area contributed by atoms with Crippen molar-refractivity contribution in [1.82, 2.24) is 4.98 Å². The van der Waals surface area contributed by atoms with E-state index in [1.54, 1.807) is 0 Å². The maximum absolute atomic E-state index is 6.52. The van der Waals surface area contributed by atoms with Gasteiger partial charge in [-0.25, -0.2) is 0 Å². The Morgan fingerprint density at radius 2 is 0.875 bits per heavy atom. The van der Waals surface area contributed by atoms with Crippen molar-refractivity contribution in [3.05, 3.63) is 18.2 Å². The SMILES string of the molecule is CC(C)(C)P1CCCCCCCCCCCCCCP(C(C)(C)C)Oc2cccc(n2)O1. The molecule has 2 rings (SSSR count). The number of pyridine rings is 1. The average molecular weight is 482 g/mol. The lowest BCUT2D eigenvalue weighted by Crippen LogP contribution is -2.18. The molecule has 1 aromatic heterocycles. The van der Waals surface area contributed by atoms with E-state index in [-0.39, 0.29) is 10.3 Å². The van der Waals surface area contributed by atoms with Crippen LogP contribution in [0.1, 0.15) is 119 Å². The summed E-state index contributed by atoms with van der Waals surface area (Å²) in [5.74, 6) is 1.47. The van der Waals surface area contributed by atoms with Gasteiger partial charge in [-0.1, -0.05) is 112 Å². The molecule has 2 atom stereocenters. The van der Waals surface area contributed by atoms with Gasteiger partial charge >= 0.3 is 0 Å². The standard InChI is InChI=1S/C27H49NO2P2/c1-26(2,3)31-22-17-15-13-11-9-7-8-10-12-14-16-18-23-32(27(4,5)6)30-25-21-19-20-24(28-25)29-31/h19-21H,7-18,22-23H2,1-6H3. The molecule has 32 heavy (non-hydrogen) atoms. The van der Waals surface area contributed by atoms with Crippen LogP contribution in [-0.4, -0.2) is 27.6 Å². The van der Waals surface area contributed by atoms with Crippen molar-refractivity contribution < 1.29 is 9.05 Å². The molecule has 5 heteroatoms. The summed E-state index contributed by atoms with van der Waals surface area (Å²) in [5, 5.41) is 0.308. The first kappa shape index (κ1) is 27.9. The van der Waals surface area contributed by atoms with Crippen LogP contribution in [-0.2, 0) is 0 Å². The predicted molar refractivity (Wildman–Crippen MR) is 144 cm³/mol. The summed E-state index contributed by atoms with van der Waals surface area (Å²) in [6, 6.07) is 6.05. The monoisotopic (exact) mass is 481 g/mol. The van der Waals surface area contributed by atoms with Crippen LogP contribution in [0.25, 0.3) is 0 Å². The Morgan fingerprint density at radius 3 is 1.19 bits per heavy atom. The molecule has 0 spiro atoms. The molecule has 0 radical (unpaired) electrons. The number of hydrogen-bond acceptors (Lipinski definition) is 3. The van der Waals surface area contributed by atoms with Crippen LogP contribution in [0.15, 0.2) is 18.2 Å². The van der Waals surface area contributed by atoms with Gasteiger partial charge in [-0.15, -0.1) is 0 Å². The predicted octanol–water partition coefficient (Wildman–Crippen LogP) is 9.92. The zero-order valence-electron chi connectivity index (χ0n) is 21.8. The van der Waals surface area contributed by atoms with E-state index >= 15 is 0 Å².